The maximum Gasteiger partial charge on any atom is 0.225 e. The van der Waals surface area contributed by atoms with Gasteiger partial charge in [0.25, 0.3) is 0 Å². The SMILES string of the molecule is Cc1ccc(O)c(NC(=O)CC23CC4CC(CC(C4)C2)C3)c1. The molecule has 22 heavy (non-hydrogen) atoms. The molecule has 0 heterocycles. The Hall–Kier alpha value is -1.51. The lowest BCUT2D eigenvalue weighted by Gasteiger charge is -2.56. The van der Waals surface area contributed by atoms with Crippen molar-refractivity contribution in [3.8, 4) is 5.75 Å². The Bertz CT molecular complexity index is 572. The monoisotopic (exact) mass is 299 g/mol. The maximum atomic E-state index is 12.5. The number of aryl methyl sites for hydroxylation is 1. The summed E-state index contributed by atoms with van der Waals surface area (Å²) in [6.45, 7) is 1.97. The molecule has 4 aliphatic rings. The van der Waals surface area contributed by atoms with Crippen molar-refractivity contribution in [3.05, 3.63) is 23.8 Å². The number of carbonyl (C=O) groups excluding carboxylic acids is 1. The third-order valence-corrected chi connectivity index (χ3v) is 6.13. The summed E-state index contributed by atoms with van der Waals surface area (Å²) in [5.74, 6) is 2.83. The van der Waals surface area contributed by atoms with Gasteiger partial charge in [-0.25, -0.2) is 0 Å². The lowest BCUT2D eigenvalue weighted by atomic mass is 9.49. The average molecular weight is 299 g/mol. The van der Waals surface area contributed by atoms with Gasteiger partial charge in [0, 0.05) is 6.42 Å². The van der Waals surface area contributed by atoms with Crippen LogP contribution < -0.4 is 5.32 Å². The van der Waals surface area contributed by atoms with Crippen LogP contribution in [0.5, 0.6) is 5.75 Å². The smallest absolute Gasteiger partial charge is 0.225 e. The van der Waals surface area contributed by atoms with E-state index in [1.54, 1.807) is 6.07 Å². The van der Waals surface area contributed by atoms with Crippen molar-refractivity contribution in [2.24, 2.45) is 23.2 Å². The molecule has 0 aromatic heterocycles. The Morgan fingerprint density at radius 2 is 1.77 bits per heavy atom. The predicted octanol–water partition coefficient (Wildman–Crippen LogP) is 4.25. The van der Waals surface area contributed by atoms with E-state index in [9.17, 15) is 9.90 Å². The Labute approximate surface area is 132 Å². The third kappa shape index (κ3) is 2.51. The molecule has 4 aliphatic carbocycles. The second-order valence-electron chi connectivity index (χ2n) is 8.16. The van der Waals surface area contributed by atoms with Crippen LogP contribution in [0.2, 0.25) is 0 Å². The van der Waals surface area contributed by atoms with Gasteiger partial charge in [0.15, 0.2) is 0 Å². The van der Waals surface area contributed by atoms with E-state index >= 15 is 0 Å². The molecule has 4 bridgehead atoms. The summed E-state index contributed by atoms with van der Waals surface area (Å²) >= 11 is 0. The molecule has 118 valence electrons. The van der Waals surface area contributed by atoms with E-state index in [4.69, 9.17) is 0 Å². The van der Waals surface area contributed by atoms with Crippen LogP contribution in [-0.2, 0) is 4.79 Å². The molecule has 4 fully saturated rings. The van der Waals surface area contributed by atoms with E-state index in [0.29, 0.717) is 12.1 Å². The molecule has 1 amide bonds. The molecule has 2 N–H and O–H groups in total. The fraction of sp³-hybridized carbons (Fsp3) is 0.632. The summed E-state index contributed by atoms with van der Waals surface area (Å²) in [4.78, 5) is 12.5. The molecule has 3 nitrogen and oxygen atoms in total. The Kier molecular flexibility index (Phi) is 3.21. The number of phenols is 1. The molecule has 0 aliphatic heterocycles. The van der Waals surface area contributed by atoms with Crippen molar-refractivity contribution in [2.75, 3.05) is 5.32 Å². The molecule has 0 spiro atoms. The number of phenolic OH excluding ortho intramolecular Hbond substituents is 1. The van der Waals surface area contributed by atoms with E-state index in [2.05, 4.69) is 5.32 Å². The zero-order chi connectivity index (χ0) is 15.3. The van der Waals surface area contributed by atoms with Crippen LogP contribution in [0.4, 0.5) is 5.69 Å². The normalized spacial score (nSPS) is 35.6. The molecule has 1 aromatic carbocycles. The maximum absolute atomic E-state index is 12.5. The minimum absolute atomic E-state index is 0.0721. The summed E-state index contributed by atoms with van der Waals surface area (Å²) in [7, 11) is 0. The summed E-state index contributed by atoms with van der Waals surface area (Å²) in [5.41, 5.74) is 1.84. The van der Waals surface area contributed by atoms with Gasteiger partial charge < -0.3 is 10.4 Å². The zero-order valence-corrected chi connectivity index (χ0v) is 13.3. The van der Waals surface area contributed by atoms with Crippen LogP contribution in [0, 0.1) is 30.1 Å². The molecule has 3 heteroatoms. The number of aromatic hydroxyl groups is 1. The second-order valence-corrected chi connectivity index (χ2v) is 8.16. The number of anilines is 1. The van der Waals surface area contributed by atoms with Gasteiger partial charge in [0.05, 0.1) is 5.69 Å². The number of hydrogen-bond donors (Lipinski definition) is 2. The highest BCUT2D eigenvalue weighted by molar-refractivity contribution is 5.92. The first-order valence-corrected chi connectivity index (χ1v) is 8.61. The first kappa shape index (κ1) is 14.1. The lowest BCUT2D eigenvalue weighted by Crippen LogP contribution is -2.47. The molecule has 0 unspecified atom stereocenters. The van der Waals surface area contributed by atoms with E-state index < -0.39 is 0 Å². The van der Waals surface area contributed by atoms with E-state index in [0.717, 1.165) is 23.3 Å². The van der Waals surface area contributed by atoms with Crippen molar-refractivity contribution in [1.29, 1.82) is 0 Å². The average Bonchev–Trinajstić information content (AvgIpc) is 2.40. The number of amides is 1. The number of carbonyl (C=O) groups is 1. The highest BCUT2D eigenvalue weighted by Gasteiger charge is 2.51. The minimum Gasteiger partial charge on any atom is -0.506 e. The molecule has 0 saturated heterocycles. The van der Waals surface area contributed by atoms with Gasteiger partial charge in [-0.15, -0.1) is 0 Å². The summed E-state index contributed by atoms with van der Waals surface area (Å²) in [6.07, 6.45) is 8.56. The van der Waals surface area contributed by atoms with Gasteiger partial charge in [-0.1, -0.05) is 6.07 Å². The van der Waals surface area contributed by atoms with Crippen LogP contribution in [0.1, 0.15) is 50.5 Å². The van der Waals surface area contributed by atoms with Crippen molar-refractivity contribution >= 4 is 11.6 Å². The first-order chi connectivity index (χ1) is 10.5. The Morgan fingerprint density at radius 3 is 2.36 bits per heavy atom. The van der Waals surface area contributed by atoms with Crippen LogP contribution in [0.15, 0.2) is 18.2 Å². The first-order valence-electron chi connectivity index (χ1n) is 8.61. The van der Waals surface area contributed by atoms with Crippen LogP contribution in [-0.4, -0.2) is 11.0 Å². The van der Waals surface area contributed by atoms with Crippen molar-refractivity contribution in [3.63, 3.8) is 0 Å². The number of hydrogen-bond acceptors (Lipinski definition) is 2. The van der Waals surface area contributed by atoms with Gasteiger partial charge in [-0.05, 0) is 86.3 Å². The molecule has 1 aromatic rings. The van der Waals surface area contributed by atoms with Gasteiger partial charge in [0.2, 0.25) is 5.91 Å². The molecule has 5 rings (SSSR count). The highest BCUT2D eigenvalue weighted by Crippen LogP contribution is 2.61. The zero-order valence-electron chi connectivity index (χ0n) is 13.3. The summed E-state index contributed by atoms with van der Waals surface area (Å²) in [6, 6.07) is 5.34. The molecule has 0 atom stereocenters. The van der Waals surface area contributed by atoms with Crippen molar-refractivity contribution in [2.45, 2.75) is 51.9 Å². The van der Waals surface area contributed by atoms with Crippen LogP contribution >= 0.6 is 0 Å². The summed E-state index contributed by atoms with van der Waals surface area (Å²) < 4.78 is 0. The topological polar surface area (TPSA) is 49.3 Å². The van der Waals surface area contributed by atoms with Gasteiger partial charge in [-0.2, -0.15) is 0 Å². The Morgan fingerprint density at radius 1 is 1.18 bits per heavy atom. The van der Waals surface area contributed by atoms with Gasteiger partial charge >= 0.3 is 0 Å². The third-order valence-electron chi connectivity index (χ3n) is 6.13. The van der Waals surface area contributed by atoms with Crippen molar-refractivity contribution < 1.29 is 9.90 Å². The standard InChI is InChI=1S/C19H25NO2/c1-12-2-3-17(21)16(4-12)20-18(22)11-19-8-13-5-14(9-19)7-15(6-13)10-19/h2-4,13-15,21H,5-11H2,1H3,(H,20,22). The Balaban J connectivity index is 1.47. The molecule has 0 radical (unpaired) electrons. The predicted molar refractivity (Wildman–Crippen MR) is 86.7 cm³/mol. The fourth-order valence-electron chi connectivity index (χ4n) is 5.79. The van der Waals surface area contributed by atoms with Gasteiger partial charge in [-0.3, -0.25) is 4.79 Å². The van der Waals surface area contributed by atoms with Crippen LogP contribution in [0.3, 0.4) is 0 Å². The van der Waals surface area contributed by atoms with E-state index in [-0.39, 0.29) is 17.1 Å². The minimum atomic E-state index is 0.0721. The number of nitrogens with one attached hydrogen (secondary N) is 1. The molecule has 4 saturated carbocycles. The van der Waals surface area contributed by atoms with Crippen molar-refractivity contribution in [1.82, 2.24) is 0 Å². The van der Waals surface area contributed by atoms with E-state index in [1.807, 2.05) is 19.1 Å². The number of benzene rings is 1. The second kappa shape index (κ2) is 5.00. The highest BCUT2D eigenvalue weighted by atomic mass is 16.3. The number of rotatable bonds is 3. The lowest BCUT2D eigenvalue weighted by molar-refractivity contribution is -0.124. The van der Waals surface area contributed by atoms with Crippen LogP contribution in [0.25, 0.3) is 0 Å². The molecular weight excluding hydrogens is 274 g/mol. The quantitative estimate of drug-likeness (QED) is 0.820. The molecular formula is C19H25NO2. The van der Waals surface area contributed by atoms with Gasteiger partial charge in [0.1, 0.15) is 5.75 Å². The van der Waals surface area contributed by atoms with E-state index in [1.165, 1.54) is 38.5 Å². The summed E-state index contributed by atoms with van der Waals surface area (Å²) in [5, 5.41) is 12.8. The fourth-order valence-corrected chi connectivity index (χ4v) is 5.79. The largest absolute Gasteiger partial charge is 0.506 e.